The Morgan fingerprint density at radius 2 is 1.76 bits per heavy atom. The Bertz CT molecular complexity index is 348. The van der Waals surface area contributed by atoms with Crippen LogP contribution in [0.5, 0.6) is 0 Å². The van der Waals surface area contributed by atoms with Crippen LogP contribution < -0.4 is 5.32 Å². The van der Waals surface area contributed by atoms with Crippen molar-refractivity contribution in [1.82, 2.24) is 5.32 Å². The van der Waals surface area contributed by atoms with Crippen LogP contribution in [0.4, 0.5) is 8.78 Å². The van der Waals surface area contributed by atoms with Crippen LogP contribution in [0, 0.1) is 17.6 Å². The largest absolute Gasteiger partial charge is 0.310 e. The van der Waals surface area contributed by atoms with Crippen molar-refractivity contribution in [2.45, 2.75) is 39.7 Å². The van der Waals surface area contributed by atoms with Crippen molar-refractivity contribution in [3.8, 4) is 0 Å². The molecule has 1 rings (SSSR count). The minimum atomic E-state index is -0.522. The van der Waals surface area contributed by atoms with Gasteiger partial charge in [-0.05, 0) is 18.5 Å². The summed E-state index contributed by atoms with van der Waals surface area (Å²) >= 11 is 0. The molecule has 0 fully saturated rings. The predicted octanol–water partition coefficient (Wildman–Crippen LogP) is 4.05. The van der Waals surface area contributed by atoms with Gasteiger partial charge in [0.1, 0.15) is 11.6 Å². The van der Waals surface area contributed by atoms with Crippen molar-refractivity contribution in [2.75, 3.05) is 6.54 Å². The molecule has 1 unspecified atom stereocenters. The molecule has 3 heteroatoms. The van der Waals surface area contributed by atoms with Crippen molar-refractivity contribution >= 4 is 0 Å². The van der Waals surface area contributed by atoms with Gasteiger partial charge in [0, 0.05) is 17.7 Å². The second kappa shape index (κ2) is 6.70. The Hall–Kier alpha value is -0.960. The molecular formula is C14H21F2N. The Balaban J connectivity index is 3.03. The molecule has 0 aliphatic carbocycles. The second-order valence-electron chi connectivity index (χ2n) is 4.28. The molecule has 0 aliphatic rings. The van der Waals surface area contributed by atoms with Crippen LogP contribution in [0.1, 0.15) is 45.2 Å². The lowest BCUT2D eigenvalue weighted by atomic mass is 9.88. The highest BCUT2D eigenvalue weighted by molar-refractivity contribution is 5.23. The number of hydrogen-bond acceptors (Lipinski definition) is 1. The molecule has 0 bridgehead atoms. The summed E-state index contributed by atoms with van der Waals surface area (Å²) in [6.07, 6.45) is 1.95. The molecule has 17 heavy (non-hydrogen) atoms. The summed E-state index contributed by atoms with van der Waals surface area (Å²) < 4.78 is 26.7. The first-order chi connectivity index (χ1) is 8.13. The predicted molar refractivity (Wildman–Crippen MR) is 66.8 cm³/mol. The van der Waals surface area contributed by atoms with Crippen LogP contribution >= 0.6 is 0 Å². The van der Waals surface area contributed by atoms with Gasteiger partial charge in [0.25, 0.3) is 0 Å². The molecule has 1 aromatic rings. The highest BCUT2D eigenvalue weighted by Crippen LogP contribution is 2.29. The number of nitrogens with one attached hydrogen (secondary N) is 1. The fourth-order valence-corrected chi connectivity index (χ4v) is 2.26. The van der Waals surface area contributed by atoms with Gasteiger partial charge >= 0.3 is 0 Å². The number of halogens is 2. The summed E-state index contributed by atoms with van der Waals surface area (Å²) in [5.41, 5.74) is 0.571. The summed E-state index contributed by atoms with van der Waals surface area (Å²) in [7, 11) is 0. The fourth-order valence-electron chi connectivity index (χ4n) is 2.26. The van der Waals surface area contributed by atoms with Gasteiger partial charge in [0.05, 0.1) is 0 Å². The average molecular weight is 241 g/mol. The Morgan fingerprint density at radius 1 is 1.12 bits per heavy atom. The van der Waals surface area contributed by atoms with Gasteiger partial charge in [0.2, 0.25) is 0 Å². The standard InChI is InChI=1S/C14H21F2N/c1-4-10(5-2)14(17-6-3)12-8-7-11(15)9-13(12)16/h7-10,14,17H,4-6H2,1-3H3. The molecule has 1 nitrogen and oxygen atoms in total. The summed E-state index contributed by atoms with van der Waals surface area (Å²) in [6.45, 7) is 6.97. The normalized spacial score (nSPS) is 13.1. The van der Waals surface area contributed by atoms with Crippen molar-refractivity contribution in [1.29, 1.82) is 0 Å². The summed E-state index contributed by atoms with van der Waals surface area (Å²) in [4.78, 5) is 0. The zero-order valence-electron chi connectivity index (χ0n) is 10.8. The van der Waals surface area contributed by atoms with E-state index in [0.717, 1.165) is 25.5 Å². The van der Waals surface area contributed by atoms with Gasteiger partial charge in [-0.25, -0.2) is 8.78 Å². The van der Waals surface area contributed by atoms with Gasteiger partial charge in [-0.15, -0.1) is 0 Å². The monoisotopic (exact) mass is 241 g/mol. The first kappa shape index (κ1) is 14.1. The molecule has 96 valence electrons. The third kappa shape index (κ3) is 3.50. The minimum absolute atomic E-state index is 0.0319. The maximum absolute atomic E-state index is 13.8. The Morgan fingerprint density at radius 3 is 2.24 bits per heavy atom. The lowest BCUT2D eigenvalue weighted by molar-refractivity contribution is 0.337. The van der Waals surface area contributed by atoms with Crippen molar-refractivity contribution in [3.05, 3.63) is 35.4 Å². The second-order valence-corrected chi connectivity index (χ2v) is 4.28. The van der Waals surface area contributed by atoms with Crippen LogP contribution in [0.15, 0.2) is 18.2 Å². The van der Waals surface area contributed by atoms with E-state index in [2.05, 4.69) is 19.2 Å². The molecule has 0 saturated carbocycles. The molecule has 0 radical (unpaired) electrons. The maximum Gasteiger partial charge on any atom is 0.130 e. The molecule has 0 spiro atoms. The molecule has 1 N–H and O–H groups in total. The Kier molecular flexibility index (Phi) is 5.56. The average Bonchev–Trinajstić information content (AvgIpc) is 2.30. The van der Waals surface area contributed by atoms with E-state index in [1.165, 1.54) is 6.07 Å². The van der Waals surface area contributed by atoms with Crippen LogP contribution in [-0.4, -0.2) is 6.54 Å². The SMILES string of the molecule is CCNC(c1ccc(F)cc1F)C(CC)CC. The molecule has 0 saturated heterocycles. The van der Waals surface area contributed by atoms with Crippen molar-refractivity contribution < 1.29 is 8.78 Å². The summed E-state index contributed by atoms with van der Waals surface area (Å²) in [6, 6.07) is 3.80. The van der Waals surface area contributed by atoms with Crippen molar-refractivity contribution in [2.24, 2.45) is 5.92 Å². The highest BCUT2D eigenvalue weighted by atomic mass is 19.1. The topological polar surface area (TPSA) is 12.0 Å². The quantitative estimate of drug-likeness (QED) is 0.792. The van der Waals surface area contributed by atoms with E-state index < -0.39 is 11.6 Å². The number of benzene rings is 1. The van der Waals surface area contributed by atoms with Gasteiger partial charge in [-0.1, -0.05) is 39.7 Å². The van der Waals surface area contributed by atoms with E-state index in [-0.39, 0.29) is 6.04 Å². The van der Waals surface area contributed by atoms with Gasteiger partial charge in [-0.2, -0.15) is 0 Å². The first-order valence-electron chi connectivity index (χ1n) is 6.32. The third-order valence-electron chi connectivity index (χ3n) is 3.24. The fraction of sp³-hybridized carbons (Fsp3) is 0.571. The van der Waals surface area contributed by atoms with E-state index >= 15 is 0 Å². The van der Waals surface area contributed by atoms with E-state index in [9.17, 15) is 8.78 Å². The van der Waals surface area contributed by atoms with E-state index in [0.29, 0.717) is 11.5 Å². The minimum Gasteiger partial charge on any atom is -0.310 e. The zero-order chi connectivity index (χ0) is 12.8. The molecule has 1 aromatic carbocycles. The van der Waals surface area contributed by atoms with E-state index in [1.807, 2.05) is 6.92 Å². The van der Waals surface area contributed by atoms with E-state index in [4.69, 9.17) is 0 Å². The van der Waals surface area contributed by atoms with E-state index in [1.54, 1.807) is 6.07 Å². The zero-order valence-corrected chi connectivity index (χ0v) is 10.8. The molecule has 0 aromatic heterocycles. The van der Waals surface area contributed by atoms with Gasteiger partial charge in [0.15, 0.2) is 0 Å². The molecule has 0 heterocycles. The highest BCUT2D eigenvalue weighted by Gasteiger charge is 2.22. The van der Waals surface area contributed by atoms with Crippen LogP contribution in [0.25, 0.3) is 0 Å². The summed E-state index contributed by atoms with van der Waals surface area (Å²) in [5, 5.41) is 3.30. The van der Waals surface area contributed by atoms with Gasteiger partial charge < -0.3 is 5.32 Å². The molecule has 0 aliphatic heterocycles. The smallest absolute Gasteiger partial charge is 0.130 e. The van der Waals surface area contributed by atoms with Gasteiger partial charge in [-0.3, -0.25) is 0 Å². The number of hydrogen-bond donors (Lipinski definition) is 1. The Labute approximate surface area is 102 Å². The molecule has 0 amide bonds. The van der Waals surface area contributed by atoms with Crippen LogP contribution in [-0.2, 0) is 0 Å². The maximum atomic E-state index is 13.8. The third-order valence-corrected chi connectivity index (χ3v) is 3.24. The van der Waals surface area contributed by atoms with Crippen LogP contribution in [0.3, 0.4) is 0 Å². The lowest BCUT2D eigenvalue weighted by Gasteiger charge is -2.27. The lowest BCUT2D eigenvalue weighted by Crippen LogP contribution is -2.28. The number of rotatable bonds is 6. The molecule has 1 atom stereocenters. The van der Waals surface area contributed by atoms with Crippen molar-refractivity contribution in [3.63, 3.8) is 0 Å². The first-order valence-corrected chi connectivity index (χ1v) is 6.32. The molecular weight excluding hydrogens is 220 g/mol. The summed E-state index contributed by atoms with van der Waals surface area (Å²) in [5.74, 6) is -0.608. The van der Waals surface area contributed by atoms with Crippen LogP contribution in [0.2, 0.25) is 0 Å².